The lowest BCUT2D eigenvalue weighted by Gasteiger charge is -2.19. The van der Waals surface area contributed by atoms with Crippen LogP contribution >= 0.6 is 0 Å². The van der Waals surface area contributed by atoms with E-state index in [0.29, 0.717) is 6.42 Å². The average molecular weight is 311 g/mol. The van der Waals surface area contributed by atoms with Gasteiger partial charge >= 0.3 is 5.97 Å². The number of ether oxygens (including phenoxy) is 2. The molecular weight excluding hydrogens is 290 g/mol. The summed E-state index contributed by atoms with van der Waals surface area (Å²) in [7, 11) is 3.06. The van der Waals surface area contributed by atoms with Crippen LogP contribution in [0.4, 0.5) is 0 Å². The highest BCUT2D eigenvalue weighted by molar-refractivity contribution is 5.90. The molecule has 1 heterocycles. The maximum absolute atomic E-state index is 12.6. The first-order chi connectivity index (χ1) is 11.0. The summed E-state index contributed by atoms with van der Waals surface area (Å²) >= 11 is 0. The largest absolute Gasteiger partial charge is 0.496 e. The molecule has 1 aliphatic carbocycles. The lowest BCUT2D eigenvalue weighted by Crippen LogP contribution is -2.25. The van der Waals surface area contributed by atoms with E-state index in [9.17, 15) is 4.79 Å². The zero-order valence-electron chi connectivity index (χ0n) is 13.9. The third-order valence-corrected chi connectivity index (χ3v) is 4.61. The van der Waals surface area contributed by atoms with Crippen LogP contribution in [-0.2, 0) is 14.9 Å². The molecule has 23 heavy (non-hydrogen) atoms. The van der Waals surface area contributed by atoms with Gasteiger partial charge in [0.1, 0.15) is 11.2 Å². The van der Waals surface area contributed by atoms with Crippen LogP contribution < -0.4 is 4.74 Å². The van der Waals surface area contributed by atoms with E-state index in [1.807, 2.05) is 50.2 Å². The zero-order valence-corrected chi connectivity index (χ0v) is 13.9. The predicted octanol–water partition coefficient (Wildman–Crippen LogP) is 3.31. The van der Waals surface area contributed by atoms with E-state index in [-0.39, 0.29) is 11.9 Å². The van der Waals surface area contributed by atoms with E-state index in [1.165, 1.54) is 7.11 Å². The van der Waals surface area contributed by atoms with E-state index in [0.717, 1.165) is 28.3 Å². The molecule has 4 heteroatoms. The molecular formula is C19H21NO3. The molecule has 0 amide bonds. The molecule has 2 atom stereocenters. The Morgan fingerprint density at radius 3 is 2.65 bits per heavy atom. The highest BCUT2D eigenvalue weighted by atomic mass is 16.5. The monoisotopic (exact) mass is 311 g/mol. The number of carbonyl (C=O) groups is 1. The molecule has 0 radical (unpaired) electrons. The number of esters is 1. The number of benzene rings is 1. The third-order valence-electron chi connectivity index (χ3n) is 4.61. The quantitative estimate of drug-likeness (QED) is 0.813. The second-order valence-electron chi connectivity index (χ2n) is 6.13. The number of pyridine rings is 1. The second-order valence-corrected chi connectivity index (χ2v) is 6.13. The third kappa shape index (κ3) is 2.48. The van der Waals surface area contributed by atoms with Gasteiger partial charge in [-0.2, -0.15) is 0 Å². The Morgan fingerprint density at radius 1 is 1.22 bits per heavy atom. The van der Waals surface area contributed by atoms with E-state index in [2.05, 4.69) is 4.98 Å². The zero-order chi connectivity index (χ0) is 16.6. The Hall–Kier alpha value is -2.36. The molecule has 1 aromatic carbocycles. The molecule has 1 aromatic heterocycles. The molecule has 2 aromatic rings. The first kappa shape index (κ1) is 15.5. The molecule has 0 saturated heterocycles. The van der Waals surface area contributed by atoms with E-state index in [1.54, 1.807) is 7.11 Å². The number of aryl methyl sites for hydroxylation is 2. The Morgan fingerprint density at radius 2 is 2.00 bits per heavy atom. The fourth-order valence-corrected chi connectivity index (χ4v) is 3.36. The number of carbonyl (C=O) groups excluding carboxylic acids is 1. The summed E-state index contributed by atoms with van der Waals surface area (Å²) in [5, 5.41) is 0. The lowest BCUT2D eigenvalue weighted by molar-refractivity contribution is -0.143. The highest BCUT2D eigenvalue weighted by Gasteiger charge is 2.64. The fraction of sp³-hybridized carbons (Fsp3) is 0.368. The van der Waals surface area contributed by atoms with Crippen molar-refractivity contribution in [2.24, 2.45) is 0 Å². The average Bonchev–Trinajstić information content (AvgIpc) is 3.31. The van der Waals surface area contributed by atoms with Crippen LogP contribution in [0.1, 0.15) is 34.9 Å². The summed E-state index contributed by atoms with van der Waals surface area (Å²) in [6.45, 7) is 3.97. The van der Waals surface area contributed by atoms with Gasteiger partial charge in [0.2, 0.25) is 0 Å². The second kappa shape index (κ2) is 5.69. The van der Waals surface area contributed by atoms with E-state index >= 15 is 0 Å². The molecule has 1 saturated carbocycles. The van der Waals surface area contributed by atoms with E-state index < -0.39 is 5.41 Å². The maximum Gasteiger partial charge on any atom is 0.317 e. The summed E-state index contributed by atoms with van der Waals surface area (Å²) in [5.74, 6) is 0.511. The summed E-state index contributed by atoms with van der Waals surface area (Å²) < 4.78 is 10.6. The minimum absolute atomic E-state index is 0.0190. The number of rotatable bonds is 4. The molecule has 0 N–H and O–H groups in total. The molecule has 1 aliphatic rings. The van der Waals surface area contributed by atoms with Gasteiger partial charge in [-0.25, -0.2) is 0 Å². The number of aromatic nitrogens is 1. The van der Waals surface area contributed by atoms with Crippen molar-refractivity contribution in [3.63, 3.8) is 0 Å². The van der Waals surface area contributed by atoms with Gasteiger partial charge in [0.05, 0.1) is 14.2 Å². The first-order valence-electron chi connectivity index (χ1n) is 7.70. The Bertz CT molecular complexity index is 756. The fourth-order valence-electron chi connectivity index (χ4n) is 3.36. The van der Waals surface area contributed by atoms with Crippen LogP contribution in [0.3, 0.4) is 0 Å². The van der Waals surface area contributed by atoms with Crippen molar-refractivity contribution in [1.29, 1.82) is 0 Å². The van der Waals surface area contributed by atoms with Gasteiger partial charge in [0.15, 0.2) is 0 Å². The number of nitrogens with zero attached hydrogens (tertiary/aromatic N) is 1. The lowest BCUT2D eigenvalue weighted by atomic mass is 9.90. The van der Waals surface area contributed by atoms with Crippen LogP contribution in [0, 0.1) is 13.8 Å². The van der Waals surface area contributed by atoms with Crippen LogP contribution in [0.2, 0.25) is 0 Å². The van der Waals surface area contributed by atoms with Crippen molar-refractivity contribution in [3.8, 4) is 5.75 Å². The van der Waals surface area contributed by atoms with Gasteiger partial charge in [-0.1, -0.05) is 23.8 Å². The van der Waals surface area contributed by atoms with Crippen LogP contribution in [0.25, 0.3) is 0 Å². The maximum atomic E-state index is 12.6. The highest BCUT2D eigenvalue weighted by Crippen LogP contribution is 2.62. The van der Waals surface area contributed by atoms with Crippen LogP contribution in [-0.4, -0.2) is 25.2 Å². The topological polar surface area (TPSA) is 48.4 Å². The van der Waals surface area contributed by atoms with Crippen molar-refractivity contribution in [2.45, 2.75) is 31.6 Å². The summed E-state index contributed by atoms with van der Waals surface area (Å²) in [6.07, 6.45) is 0.690. The summed E-state index contributed by atoms with van der Waals surface area (Å²) in [5.41, 5.74) is 3.16. The molecule has 0 bridgehead atoms. The van der Waals surface area contributed by atoms with Gasteiger partial charge in [0.25, 0.3) is 0 Å². The normalized spacial score (nSPS) is 22.5. The number of hydrogen-bond acceptors (Lipinski definition) is 4. The van der Waals surface area contributed by atoms with Gasteiger partial charge in [-0.3, -0.25) is 9.78 Å². The van der Waals surface area contributed by atoms with Gasteiger partial charge in [-0.05, 0) is 38.5 Å². The summed E-state index contributed by atoms with van der Waals surface area (Å²) in [4.78, 5) is 17.2. The first-order valence-corrected chi connectivity index (χ1v) is 7.70. The molecule has 3 rings (SSSR count). The van der Waals surface area contributed by atoms with Crippen molar-refractivity contribution >= 4 is 5.97 Å². The van der Waals surface area contributed by atoms with Crippen molar-refractivity contribution in [2.75, 3.05) is 14.2 Å². The van der Waals surface area contributed by atoms with Crippen molar-refractivity contribution in [1.82, 2.24) is 4.98 Å². The standard InChI is InChI=1S/C19H21NO3/c1-12-8-9-17(22-3)14(10-12)19(18(21)23-4)11-15(19)16-7-5-6-13(2)20-16/h5-10,15H,11H2,1-4H3/t15-,19-/m1/s1. The molecule has 0 unspecified atom stereocenters. The van der Waals surface area contributed by atoms with E-state index in [4.69, 9.17) is 9.47 Å². The molecule has 4 nitrogen and oxygen atoms in total. The predicted molar refractivity (Wildman–Crippen MR) is 87.8 cm³/mol. The van der Waals surface area contributed by atoms with Crippen molar-refractivity contribution in [3.05, 3.63) is 58.9 Å². The SMILES string of the molecule is COC(=O)[C@@]1(c2cc(C)ccc2OC)C[C@@H]1c1cccc(C)n1. The number of hydrogen-bond donors (Lipinski definition) is 0. The molecule has 120 valence electrons. The Balaban J connectivity index is 2.11. The van der Waals surface area contributed by atoms with Gasteiger partial charge in [-0.15, -0.1) is 0 Å². The number of methoxy groups -OCH3 is 2. The van der Waals surface area contributed by atoms with Crippen LogP contribution in [0.5, 0.6) is 5.75 Å². The molecule has 1 fully saturated rings. The summed E-state index contributed by atoms with van der Waals surface area (Å²) in [6, 6.07) is 11.8. The molecule has 0 aliphatic heterocycles. The minimum atomic E-state index is -0.701. The van der Waals surface area contributed by atoms with Crippen LogP contribution in [0.15, 0.2) is 36.4 Å². The Kier molecular flexibility index (Phi) is 3.84. The smallest absolute Gasteiger partial charge is 0.317 e. The minimum Gasteiger partial charge on any atom is -0.496 e. The molecule has 0 spiro atoms. The van der Waals surface area contributed by atoms with Gasteiger partial charge < -0.3 is 9.47 Å². The Labute approximate surface area is 136 Å². The van der Waals surface area contributed by atoms with Gasteiger partial charge in [0, 0.05) is 22.9 Å². The van der Waals surface area contributed by atoms with Crippen molar-refractivity contribution < 1.29 is 14.3 Å².